The zero-order chi connectivity index (χ0) is 29.9. The largest absolute Gasteiger partial charge is 0.348 e. The average Bonchev–Trinajstić information content (AvgIpc) is 3.37. The second-order valence-corrected chi connectivity index (χ2v) is 12.1. The average molecular weight is 579 g/mol. The molecule has 9 nitrogen and oxygen atoms in total. The summed E-state index contributed by atoms with van der Waals surface area (Å²) in [6, 6.07) is 13.8. The number of rotatable bonds is 8. The number of alkyl halides is 2. The van der Waals surface area contributed by atoms with E-state index >= 15 is 0 Å². The van der Waals surface area contributed by atoms with Crippen LogP contribution in [0, 0.1) is 18.4 Å². The number of nitriles is 1. The molecule has 0 saturated heterocycles. The molecule has 2 heterocycles. The van der Waals surface area contributed by atoms with Gasteiger partial charge in [-0.25, -0.2) is 17.7 Å². The minimum Gasteiger partial charge on any atom is -0.348 e. The highest BCUT2D eigenvalue weighted by molar-refractivity contribution is 8.00. The molecule has 0 aliphatic heterocycles. The molecular formula is C29H28F2N6O3S. The van der Waals surface area contributed by atoms with E-state index in [1.165, 1.54) is 24.4 Å². The van der Waals surface area contributed by atoms with E-state index in [2.05, 4.69) is 15.1 Å². The highest BCUT2D eigenvalue weighted by Crippen LogP contribution is 2.27. The molecule has 41 heavy (non-hydrogen) atoms. The third kappa shape index (κ3) is 5.76. The van der Waals surface area contributed by atoms with Crippen molar-refractivity contribution in [3.63, 3.8) is 0 Å². The van der Waals surface area contributed by atoms with E-state index in [-0.39, 0.29) is 28.8 Å². The van der Waals surface area contributed by atoms with E-state index in [0.717, 1.165) is 0 Å². The number of carbonyl (C=O) groups is 1. The fraction of sp³-hybridized carbons (Fsp3) is 0.207. The number of hydrogen-bond donors (Lipinski definition) is 2. The summed E-state index contributed by atoms with van der Waals surface area (Å²) in [5.41, 5.74) is 0.491. The van der Waals surface area contributed by atoms with Gasteiger partial charge in [-0.15, -0.1) is 0 Å². The molecule has 0 aliphatic rings. The number of benzene rings is 2. The van der Waals surface area contributed by atoms with E-state index in [4.69, 9.17) is 5.26 Å². The molecule has 1 unspecified atom stereocenters. The number of aromatic nitrogens is 3. The van der Waals surface area contributed by atoms with Gasteiger partial charge in [-0.3, -0.25) is 14.3 Å². The molecule has 4 rings (SSSR count). The number of nitrogens with zero attached hydrogens (tertiary/aromatic N) is 4. The lowest BCUT2D eigenvalue weighted by Crippen LogP contribution is -2.31. The van der Waals surface area contributed by atoms with Crippen LogP contribution >= 0.6 is 0 Å². The number of hydrogen-bond acceptors (Lipinski definition) is 5. The summed E-state index contributed by atoms with van der Waals surface area (Å²) < 4.78 is 45.6. The van der Waals surface area contributed by atoms with Crippen molar-refractivity contribution in [1.82, 2.24) is 24.4 Å². The highest BCUT2D eigenvalue weighted by atomic mass is 32.2. The minimum atomic E-state index is -2.88. The van der Waals surface area contributed by atoms with Crippen LogP contribution in [0.3, 0.4) is 0 Å². The maximum absolute atomic E-state index is 13.7. The first-order valence-electron chi connectivity index (χ1n) is 12.5. The highest BCUT2D eigenvalue weighted by Gasteiger charge is 2.22. The number of nitrogens with one attached hydrogen (secondary N) is 2. The van der Waals surface area contributed by atoms with E-state index < -0.39 is 27.5 Å². The van der Waals surface area contributed by atoms with Crippen LogP contribution in [-0.4, -0.2) is 29.3 Å². The van der Waals surface area contributed by atoms with Crippen molar-refractivity contribution in [1.29, 1.82) is 5.26 Å². The van der Waals surface area contributed by atoms with Gasteiger partial charge in [-0.1, -0.05) is 30.3 Å². The molecule has 1 amide bonds. The van der Waals surface area contributed by atoms with Crippen LogP contribution in [-0.2, 0) is 23.3 Å². The molecule has 0 fully saturated rings. The van der Waals surface area contributed by atoms with Crippen molar-refractivity contribution in [3.8, 4) is 23.1 Å². The Labute approximate surface area is 236 Å². The Kier molecular flexibility index (Phi) is 8.39. The first kappa shape index (κ1) is 29.2. The van der Waals surface area contributed by atoms with Crippen molar-refractivity contribution >= 4 is 20.5 Å². The Bertz CT molecular complexity index is 1840. The quantitative estimate of drug-likeness (QED) is 0.184. The van der Waals surface area contributed by atoms with E-state index in [9.17, 15) is 22.6 Å². The summed E-state index contributed by atoms with van der Waals surface area (Å²) in [5.74, 6) is -0.0926. The topological polar surface area (TPSA) is 122 Å². The van der Waals surface area contributed by atoms with Crippen LogP contribution in [0.25, 0.3) is 16.9 Å². The normalized spacial score (nSPS) is 12.4. The van der Waals surface area contributed by atoms with Gasteiger partial charge < -0.3 is 9.88 Å². The smallest absolute Gasteiger partial charge is 0.263 e. The van der Waals surface area contributed by atoms with Gasteiger partial charge in [0.2, 0.25) is 5.43 Å². The van der Waals surface area contributed by atoms with Gasteiger partial charge in [0.1, 0.15) is 11.4 Å². The molecule has 2 aromatic heterocycles. The number of carbonyl (C=O) groups excluding carboxylic acids is 1. The molecular weight excluding hydrogens is 550 g/mol. The molecule has 2 N–H and O–H groups in total. The van der Waals surface area contributed by atoms with Crippen LogP contribution in [0.2, 0.25) is 0 Å². The van der Waals surface area contributed by atoms with Crippen LogP contribution in [0.15, 0.2) is 76.7 Å². The van der Waals surface area contributed by atoms with Crippen LogP contribution in [0.5, 0.6) is 0 Å². The fourth-order valence-electron chi connectivity index (χ4n) is 4.41. The first-order chi connectivity index (χ1) is 19.5. The lowest BCUT2D eigenvalue weighted by Gasteiger charge is -2.17. The Morgan fingerprint density at radius 3 is 2.44 bits per heavy atom. The standard InChI is InChI=1S/C29H28F2N6O3S/c1-18(2)41(40,35-17-32)23-10-8-20(9-11-23)15-33-29(39)24-16-37(25-12-13-34-36(25)4)19(3)26(27(24)38)21-6-5-7-22(14-21)28(30)31/h5-14,16,28H,15H2,1-4H3,(H,33,39)(H,35,40). The van der Waals surface area contributed by atoms with E-state index in [0.29, 0.717) is 26.8 Å². The molecule has 0 spiro atoms. The summed E-state index contributed by atoms with van der Waals surface area (Å²) in [4.78, 5) is 28.0. The van der Waals surface area contributed by atoms with Crippen LogP contribution in [0.4, 0.5) is 8.78 Å². The number of halogens is 2. The van der Waals surface area contributed by atoms with Gasteiger partial charge in [-0.05, 0) is 50.1 Å². The number of pyridine rings is 1. The van der Waals surface area contributed by atoms with Crippen molar-refractivity contribution < 1.29 is 17.8 Å². The van der Waals surface area contributed by atoms with E-state index in [1.54, 1.807) is 85.9 Å². The molecule has 12 heteroatoms. The predicted molar refractivity (Wildman–Crippen MR) is 153 cm³/mol. The van der Waals surface area contributed by atoms with Crippen LogP contribution in [0.1, 0.15) is 47.5 Å². The van der Waals surface area contributed by atoms with E-state index in [1.807, 2.05) is 0 Å². The Hall–Kier alpha value is -4.76. The van der Waals surface area contributed by atoms with Gasteiger partial charge >= 0.3 is 0 Å². The maximum Gasteiger partial charge on any atom is 0.263 e. The van der Waals surface area contributed by atoms with Crippen molar-refractivity contribution in [3.05, 3.63) is 99.6 Å². The molecule has 0 aliphatic carbocycles. The van der Waals surface area contributed by atoms with Crippen LogP contribution < -0.4 is 15.5 Å². The zero-order valence-electron chi connectivity index (χ0n) is 22.8. The summed E-state index contributed by atoms with van der Waals surface area (Å²) in [6.45, 7) is 5.06. The molecule has 2 aromatic carbocycles. The molecule has 1 atom stereocenters. The molecule has 0 radical (unpaired) electrons. The van der Waals surface area contributed by atoms with Gasteiger partial charge in [0, 0.05) is 47.5 Å². The molecule has 0 bridgehead atoms. The zero-order valence-corrected chi connectivity index (χ0v) is 23.6. The number of aryl methyl sites for hydroxylation is 1. The fourth-order valence-corrected chi connectivity index (χ4v) is 5.86. The van der Waals surface area contributed by atoms with Gasteiger partial charge in [0.25, 0.3) is 12.3 Å². The summed E-state index contributed by atoms with van der Waals surface area (Å²) in [7, 11) is -1.18. The minimum absolute atomic E-state index is 0.0516. The Balaban J connectivity index is 1.72. The van der Waals surface area contributed by atoms with Gasteiger partial charge in [0.05, 0.1) is 20.8 Å². The first-order valence-corrected chi connectivity index (χ1v) is 14.0. The SMILES string of the molecule is CC(C)=S(=O)(NC#N)c1ccc(CNC(=O)c2cn(-c3ccnn3C)c(C)c(-c3cccc(C(F)F)c3)c2=O)cc1. The lowest BCUT2D eigenvalue weighted by atomic mass is 9.99. The second kappa shape index (κ2) is 11.8. The Morgan fingerprint density at radius 2 is 1.85 bits per heavy atom. The van der Waals surface area contributed by atoms with Crippen molar-refractivity contribution in [2.24, 2.45) is 7.05 Å². The third-order valence-electron chi connectivity index (χ3n) is 6.64. The third-order valence-corrected chi connectivity index (χ3v) is 9.10. The monoisotopic (exact) mass is 578 g/mol. The van der Waals surface area contributed by atoms with Gasteiger partial charge in [0.15, 0.2) is 6.19 Å². The number of amides is 1. The second-order valence-electron chi connectivity index (χ2n) is 9.45. The molecule has 0 saturated carbocycles. The predicted octanol–water partition coefficient (Wildman–Crippen LogP) is 4.26. The Morgan fingerprint density at radius 1 is 1.15 bits per heavy atom. The maximum atomic E-state index is 13.7. The van der Waals surface area contributed by atoms with Crippen molar-refractivity contribution in [2.45, 2.75) is 38.6 Å². The van der Waals surface area contributed by atoms with Crippen molar-refractivity contribution in [2.75, 3.05) is 0 Å². The summed E-state index contributed by atoms with van der Waals surface area (Å²) in [6.07, 6.45) is 1.99. The van der Waals surface area contributed by atoms with Gasteiger partial charge in [-0.2, -0.15) is 10.4 Å². The molecule has 4 aromatic rings. The molecule has 212 valence electrons. The summed E-state index contributed by atoms with van der Waals surface area (Å²) in [5, 5.41) is 15.9. The summed E-state index contributed by atoms with van der Waals surface area (Å²) >= 11 is 0. The lowest BCUT2D eigenvalue weighted by molar-refractivity contribution is 0.0949.